The fourth-order valence-corrected chi connectivity index (χ4v) is 2.81. The highest BCUT2D eigenvalue weighted by atomic mass is 35.5. The molecule has 0 radical (unpaired) electrons. The molecule has 0 spiro atoms. The molecule has 0 aliphatic carbocycles. The van der Waals surface area contributed by atoms with Gasteiger partial charge in [-0.05, 0) is 44.5 Å². The highest BCUT2D eigenvalue weighted by Crippen LogP contribution is 2.30. The van der Waals surface area contributed by atoms with Gasteiger partial charge >= 0.3 is 0 Å². The highest BCUT2D eigenvalue weighted by Gasteiger charge is 2.10. The van der Waals surface area contributed by atoms with Crippen LogP contribution in [0.1, 0.15) is 28.3 Å². The standard InChI is InChI=1S/C14H16ClNS/c1-9-5-4-6-12(14(9)15)16-11(3)13-8-7-10(2)17-13/h4-8,11,16H,1-3H3. The molecule has 1 heterocycles. The van der Waals surface area contributed by atoms with E-state index in [4.69, 9.17) is 11.6 Å². The van der Waals surface area contributed by atoms with Crippen LogP contribution in [-0.2, 0) is 0 Å². The fraction of sp³-hybridized carbons (Fsp3) is 0.286. The van der Waals surface area contributed by atoms with Gasteiger partial charge in [-0.25, -0.2) is 0 Å². The van der Waals surface area contributed by atoms with Crippen molar-refractivity contribution in [3.8, 4) is 0 Å². The van der Waals surface area contributed by atoms with E-state index in [1.165, 1.54) is 9.75 Å². The van der Waals surface area contributed by atoms with Crippen molar-refractivity contribution in [1.29, 1.82) is 0 Å². The van der Waals surface area contributed by atoms with Crippen LogP contribution in [0.15, 0.2) is 30.3 Å². The Morgan fingerprint density at radius 3 is 2.59 bits per heavy atom. The molecule has 2 rings (SSSR count). The van der Waals surface area contributed by atoms with E-state index in [1.54, 1.807) is 0 Å². The first-order chi connectivity index (χ1) is 8.08. The van der Waals surface area contributed by atoms with Crippen LogP contribution in [-0.4, -0.2) is 0 Å². The molecule has 0 aliphatic rings. The first kappa shape index (κ1) is 12.5. The second-order valence-electron chi connectivity index (χ2n) is 4.25. The molecule has 0 amide bonds. The first-order valence-corrected chi connectivity index (χ1v) is 6.85. The smallest absolute Gasteiger partial charge is 0.0666 e. The summed E-state index contributed by atoms with van der Waals surface area (Å²) in [6.07, 6.45) is 0. The van der Waals surface area contributed by atoms with Gasteiger partial charge in [-0.3, -0.25) is 0 Å². The fourth-order valence-electron chi connectivity index (χ4n) is 1.75. The minimum atomic E-state index is 0.285. The molecule has 0 aliphatic heterocycles. The van der Waals surface area contributed by atoms with E-state index >= 15 is 0 Å². The third kappa shape index (κ3) is 2.82. The second-order valence-corrected chi connectivity index (χ2v) is 5.95. The van der Waals surface area contributed by atoms with E-state index < -0.39 is 0 Å². The number of anilines is 1. The number of rotatable bonds is 3. The summed E-state index contributed by atoms with van der Waals surface area (Å²) in [6, 6.07) is 10.7. The Hall–Kier alpha value is -0.990. The van der Waals surface area contributed by atoms with Gasteiger partial charge in [0.05, 0.1) is 16.8 Å². The van der Waals surface area contributed by atoms with Crippen LogP contribution in [0.5, 0.6) is 0 Å². The van der Waals surface area contributed by atoms with Gasteiger partial charge < -0.3 is 5.32 Å². The average Bonchev–Trinajstić information content (AvgIpc) is 2.72. The third-order valence-electron chi connectivity index (χ3n) is 2.75. The van der Waals surface area contributed by atoms with Crippen molar-refractivity contribution in [1.82, 2.24) is 0 Å². The van der Waals surface area contributed by atoms with Crippen LogP contribution in [0.3, 0.4) is 0 Å². The zero-order valence-electron chi connectivity index (χ0n) is 10.3. The van der Waals surface area contributed by atoms with Gasteiger partial charge in [-0.15, -0.1) is 11.3 Å². The summed E-state index contributed by atoms with van der Waals surface area (Å²) >= 11 is 8.09. The molecule has 0 bridgehead atoms. The number of nitrogens with one attached hydrogen (secondary N) is 1. The van der Waals surface area contributed by atoms with Crippen LogP contribution >= 0.6 is 22.9 Å². The number of thiophene rings is 1. The molecule has 3 heteroatoms. The highest BCUT2D eigenvalue weighted by molar-refractivity contribution is 7.12. The molecule has 1 aromatic heterocycles. The van der Waals surface area contributed by atoms with Gasteiger partial charge in [-0.2, -0.15) is 0 Å². The Kier molecular flexibility index (Phi) is 3.75. The molecule has 0 saturated carbocycles. The minimum absolute atomic E-state index is 0.285. The molecule has 1 aromatic carbocycles. The predicted octanol–water partition coefficient (Wildman–Crippen LogP) is 5.19. The first-order valence-electron chi connectivity index (χ1n) is 5.66. The van der Waals surface area contributed by atoms with Crippen molar-refractivity contribution in [2.45, 2.75) is 26.8 Å². The van der Waals surface area contributed by atoms with Crippen molar-refractivity contribution in [2.75, 3.05) is 5.32 Å². The van der Waals surface area contributed by atoms with E-state index in [2.05, 4.69) is 31.3 Å². The van der Waals surface area contributed by atoms with Gasteiger partial charge in [0.15, 0.2) is 0 Å². The SMILES string of the molecule is Cc1ccc(C(C)Nc2cccc(C)c2Cl)s1. The Morgan fingerprint density at radius 2 is 1.94 bits per heavy atom. The monoisotopic (exact) mass is 265 g/mol. The topological polar surface area (TPSA) is 12.0 Å². The normalized spacial score (nSPS) is 12.5. The Bertz CT molecular complexity index is 519. The van der Waals surface area contributed by atoms with Crippen molar-refractivity contribution in [2.24, 2.45) is 0 Å². The average molecular weight is 266 g/mol. The van der Waals surface area contributed by atoms with Gasteiger partial charge in [0.1, 0.15) is 0 Å². The molecule has 90 valence electrons. The maximum absolute atomic E-state index is 6.27. The van der Waals surface area contributed by atoms with Crippen molar-refractivity contribution in [3.63, 3.8) is 0 Å². The summed E-state index contributed by atoms with van der Waals surface area (Å²) in [4.78, 5) is 2.67. The molecule has 1 nitrogen and oxygen atoms in total. The number of hydrogen-bond acceptors (Lipinski definition) is 2. The molecule has 2 aromatic rings. The molecule has 1 unspecified atom stereocenters. The molecule has 1 N–H and O–H groups in total. The molecule has 0 fully saturated rings. The van der Waals surface area contributed by atoms with E-state index in [-0.39, 0.29) is 6.04 Å². The van der Waals surface area contributed by atoms with Crippen LogP contribution in [0, 0.1) is 13.8 Å². The van der Waals surface area contributed by atoms with Crippen LogP contribution in [0.4, 0.5) is 5.69 Å². The van der Waals surface area contributed by atoms with Gasteiger partial charge in [0, 0.05) is 9.75 Å². The molecular formula is C14H16ClNS. The Balaban J connectivity index is 2.18. The Morgan fingerprint density at radius 1 is 1.18 bits per heavy atom. The van der Waals surface area contributed by atoms with Crippen LogP contribution in [0.25, 0.3) is 0 Å². The summed E-state index contributed by atoms with van der Waals surface area (Å²) in [6.45, 7) is 6.30. The second kappa shape index (κ2) is 5.11. The number of aryl methyl sites for hydroxylation is 2. The van der Waals surface area contributed by atoms with Gasteiger partial charge in [0.25, 0.3) is 0 Å². The predicted molar refractivity (Wildman–Crippen MR) is 77.3 cm³/mol. The zero-order chi connectivity index (χ0) is 12.4. The van der Waals surface area contributed by atoms with E-state index in [9.17, 15) is 0 Å². The van der Waals surface area contributed by atoms with Crippen LogP contribution < -0.4 is 5.32 Å². The summed E-state index contributed by atoms with van der Waals surface area (Å²) in [5.41, 5.74) is 2.11. The summed E-state index contributed by atoms with van der Waals surface area (Å²) in [5.74, 6) is 0. The van der Waals surface area contributed by atoms with Crippen molar-refractivity contribution >= 4 is 28.6 Å². The van der Waals surface area contributed by atoms with Gasteiger partial charge in [0.2, 0.25) is 0 Å². The number of benzene rings is 1. The minimum Gasteiger partial charge on any atom is -0.376 e. The lowest BCUT2D eigenvalue weighted by Gasteiger charge is -2.15. The van der Waals surface area contributed by atoms with E-state index in [0.717, 1.165) is 16.3 Å². The lowest BCUT2D eigenvalue weighted by Crippen LogP contribution is -2.05. The molecule has 17 heavy (non-hydrogen) atoms. The number of halogens is 1. The maximum Gasteiger partial charge on any atom is 0.0666 e. The summed E-state index contributed by atoms with van der Waals surface area (Å²) < 4.78 is 0. The Labute approximate surface area is 111 Å². The van der Waals surface area contributed by atoms with E-state index in [1.807, 2.05) is 36.5 Å². The molecule has 1 atom stereocenters. The van der Waals surface area contributed by atoms with Crippen LogP contribution in [0.2, 0.25) is 5.02 Å². The number of hydrogen-bond donors (Lipinski definition) is 1. The lowest BCUT2D eigenvalue weighted by atomic mass is 10.2. The quantitative estimate of drug-likeness (QED) is 0.805. The molecular weight excluding hydrogens is 250 g/mol. The third-order valence-corrected chi connectivity index (χ3v) is 4.44. The summed E-state index contributed by atoms with van der Waals surface area (Å²) in [7, 11) is 0. The summed E-state index contributed by atoms with van der Waals surface area (Å²) in [5, 5.41) is 4.27. The van der Waals surface area contributed by atoms with Crippen molar-refractivity contribution < 1.29 is 0 Å². The molecule has 0 saturated heterocycles. The lowest BCUT2D eigenvalue weighted by molar-refractivity contribution is 0.908. The van der Waals surface area contributed by atoms with E-state index in [0.29, 0.717) is 0 Å². The largest absolute Gasteiger partial charge is 0.376 e. The van der Waals surface area contributed by atoms with Gasteiger partial charge in [-0.1, -0.05) is 23.7 Å². The zero-order valence-corrected chi connectivity index (χ0v) is 11.8. The maximum atomic E-state index is 6.27. The van der Waals surface area contributed by atoms with Crippen molar-refractivity contribution in [3.05, 3.63) is 50.7 Å².